The Morgan fingerprint density at radius 1 is 1.56 bits per heavy atom. The highest BCUT2D eigenvalue weighted by molar-refractivity contribution is 9.10. The predicted molar refractivity (Wildman–Crippen MR) is 68.9 cm³/mol. The van der Waals surface area contributed by atoms with Gasteiger partial charge in [-0.25, -0.2) is 0 Å². The molecule has 1 aromatic rings. The van der Waals surface area contributed by atoms with Crippen LogP contribution >= 0.6 is 27.3 Å². The zero-order chi connectivity index (χ0) is 11.7. The lowest BCUT2D eigenvalue weighted by atomic mass is 9.74. The molecular formula is C12H15BrO2S. The van der Waals surface area contributed by atoms with Crippen molar-refractivity contribution in [2.75, 3.05) is 0 Å². The minimum absolute atomic E-state index is 0.190. The molecule has 0 saturated heterocycles. The summed E-state index contributed by atoms with van der Waals surface area (Å²) in [6, 6.07) is 2.01. The van der Waals surface area contributed by atoms with Crippen molar-refractivity contribution in [3.8, 4) is 0 Å². The summed E-state index contributed by atoms with van der Waals surface area (Å²) in [5.41, 5.74) is 0. The Hall–Kier alpha value is -0.350. The van der Waals surface area contributed by atoms with Gasteiger partial charge in [0.1, 0.15) is 0 Å². The molecular weight excluding hydrogens is 288 g/mol. The summed E-state index contributed by atoms with van der Waals surface area (Å²) in [5.74, 6) is -0.0198. The van der Waals surface area contributed by atoms with Gasteiger partial charge in [0.05, 0.1) is 5.92 Å². The second kappa shape index (κ2) is 4.88. The van der Waals surface area contributed by atoms with Gasteiger partial charge in [-0.15, -0.1) is 11.3 Å². The van der Waals surface area contributed by atoms with Gasteiger partial charge < -0.3 is 5.11 Å². The molecule has 3 atom stereocenters. The summed E-state index contributed by atoms with van der Waals surface area (Å²) in [4.78, 5) is 12.5. The second-order valence-electron chi connectivity index (χ2n) is 4.60. The predicted octanol–water partition coefficient (Wildman–Crippen LogP) is 4.12. The number of hydrogen-bond donors (Lipinski definition) is 1. The van der Waals surface area contributed by atoms with Crippen molar-refractivity contribution in [2.24, 2.45) is 11.8 Å². The van der Waals surface area contributed by atoms with Crippen molar-refractivity contribution in [3.05, 3.63) is 20.8 Å². The first-order valence-electron chi connectivity index (χ1n) is 5.55. The number of halogens is 1. The smallest absolute Gasteiger partial charge is 0.307 e. The Kier molecular flexibility index (Phi) is 3.70. The third-order valence-corrected chi connectivity index (χ3v) is 5.41. The maximum atomic E-state index is 11.3. The van der Waals surface area contributed by atoms with Crippen LogP contribution in [-0.4, -0.2) is 11.1 Å². The lowest BCUT2D eigenvalue weighted by Crippen LogP contribution is -2.28. The van der Waals surface area contributed by atoms with Crippen LogP contribution in [0.15, 0.2) is 15.9 Å². The van der Waals surface area contributed by atoms with Crippen LogP contribution in [0.4, 0.5) is 0 Å². The average Bonchev–Trinajstić information content (AvgIpc) is 2.63. The van der Waals surface area contributed by atoms with E-state index in [2.05, 4.69) is 22.9 Å². The van der Waals surface area contributed by atoms with Gasteiger partial charge in [-0.2, -0.15) is 0 Å². The highest BCUT2D eigenvalue weighted by atomic mass is 79.9. The summed E-state index contributed by atoms with van der Waals surface area (Å²) in [6.07, 6.45) is 2.85. The van der Waals surface area contributed by atoms with Gasteiger partial charge in [-0.1, -0.05) is 6.92 Å². The molecule has 0 bridgehead atoms. The molecule has 1 saturated carbocycles. The number of carboxylic acid groups (broad SMARTS) is 1. The van der Waals surface area contributed by atoms with Crippen molar-refractivity contribution in [2.45, 2.75) is 32.1 Å². The Morgan fingerprint density at radius 2 is 2.31 bits per heavy atom. The zero-order valence-electron chi connectivity index (χ0n) is 9.15. The van der Waals surface area contributed by atoms with Crippen LogP contribution in [-0.2, 0) is 4.79 Å². The van der Waals surface area contributed by atoms with Crippen molar-refractivity contribution < 1.29 is 9.90 Å². The van der Waals surface area contributed by atoms with Crippen molar-refractivity contribution in [1.29, 1.82) is 0 Å². The fourth-order valence-corrected chi connectivity index (χ4v) is 4.38. The van der Waals surface area contributed by atoms with E-state index in [1.54, 1.807) is 11.3 Å². The standard InChI is InChI=1S/C12H15BrO2S/c1-7-2-3-8(12(14)15)9(6-7)11-10(13)4-5-16-11/h4-5,7-9H,2-3,6H2,1H3,(H,14,15). The van der Waals surface area contributed by atoms with Crippen LogP contribution in [0.3, 0.4) is 0 Å². The van der Waals surface area contributed by atoms with Crippen molar-refractivity contribution in [1.82, 2.24) is 0 Å². The first-order valence-corrected chi connectivity index (χ1v) is 7.22. The van der Waals surface area contributed by atoms with E-state index in [-0.39, 0.29) is 11.8 Å². The van der Waals surface area contributed by atoms with E-state index >= 15 is 0 Å². The quantitative estimate of drug-likeness (QED) is 0.892. The van der Waals surface area contributed by atoms with E-state index in [0.717, 1.165) is 23.7 Å². The van der Waals surface area contributed by atoms with Crippen molar-refractivity contribution >= 4 is 33.2 Å². The number of rotatable bonds is 2. The molecule has 16 heavy (non-hydrogen) atoms. The molecule has 1 aliphatic rings. The third-order valence-electron chi connectivity index (χ3n) is 3.41. The Labute approximate surface area is 108 Å². The molecule has 1 aromatic heterocycles. The molecule has 3 unspecified atom stereocenters. The van der Waals surface area contributed by atoms with Gasteiger partial charge >= 0.3 is 5.97 Å². The van der Waals surface area contributed by atoms with E-state index in [9.17, 15) is 9.90 Å². The summed E-state index contributed by atoms with van der Waals surface area (Å²) in [5, 5.41) is 11.3. The molecule has 0 spiro atoms. The summed E-state index contributed by atoms with van der Waals surface area (Å²) in [7, 11) is 0. The Morgan fingerprint density at radius 3 is 2.88 bits per heavy atom. The SMILES string of the molecule is CC1CCC(C(=O)O)C(c2sccc2Br)C1. The number of thiophene rings is 1. The fraction of sp³-hybridized carbons (Fsp3) is 0.583. The topological polar surface area (TPSA) is 37.3 Å². The minimum atomic E-state index is -0.641. The van der Waals surface area contributed by atoms with Gasteiger partial charge in [0.25, 0.3) is 0 Å². The van der Waals surface area contributed by atoms with Crippen LogP contribution in [0.2, 0.25) is 0 Å². The highest BCUT2D eigenvalue weighted by Crippen LogP contribution is 2.44. The van der Waals surface area contributed by atoms with E-state index in [0.29, 0.717) is 5.92 Å². The molecule has 1 fully saturated rings. The largest absolute Gasteiger partial charge is 0.481 e. The van der Waals surface area contributed by atoms with Gasteiger partial charge in [0, 0.05) is 15.3 Å². The molecule has 1 aliphatic carbocycles. The first kappa shape index (κ1) is 12.1. The lowest BCUT2D eigenvalue weighted by Gasteiger charge is -2.32. The lowest BCUT2D eigenvalue weighted by molar-refractivity contribution is -0.143. The van der Waals surface area contributed by atoms with Crippen LogP contribution < -0.4 is 0 Å². The molecule has 0 aromatic carbocycles. The maximum absolute atomic E-state index is 11.3. The molecule has 0 aliphatic heterocycles. The van der Waals surface area contributed by atoms with Crippen LogP contribution in [0.1, 0.15) is 37.0 Å². The van der Waals surface area contributed by atoms with Crippen molar-refractivity contribution in [3.63, 3.8) is 0 Å². The maximum Gasteiger partial charge on any atom is 0.307 e. The fourth-order valence-electron chi connectivity index (χ4n) is 2.54. The zero-order valence-corrected chi connectivity index (χ0v) is 11.6. The molecule has 1 heterocycles. The highest BCUT2D eigenvalue weighted by Gasteiger charge is 2.35. The van der Waals surface area contributed by atoms with E-state index in [4.69, 9.17) is 0 Å². The van der Waals surface area contributed by atoms with Gasteiger partial charge in [0.15, 0.2) is 0 Å². The number of carbonyl (C=O) groups is 1. The minimum Gasteiger partial charge on any atom is -0.481 e. The van der Waals surface area contributed by atoms with Crippen LogP contribution in [0, 0.1) is 11.8 Å². The molecule has 1 N–H and O–H groups in total. The Bertz CT molecular complexity index is 388. The number of carboxylic acids is 1. The molecule has 88 valence electrons. The third kappa shape index (κ3) is 2.33. The Balaban J connectivity index is 2.27. The average molecular weight is 303 g/mol. The molecule has 4 heteroatoms. The van der Waals surface area contributed by atoms with Crippen LogP contribution in [0.5, 0.6) is 0 Å². The van der Waals surface area contributed by atoms with E-state index in [1.165, 1.54) is 4.88 Å². The molecule has 0 radical (unpaired) electrons. The second-order valence-corrected chi connectivity index (χ2v) is 6.40. The van der Waals surface area contributed by atoms with E-state index < -0.39 is 5.97 Å². The summed E-state index contributed by atoms with van der Waals surface area (Å²) < 4.78 is 1.07. The number of hydrogen-bond acceptors (Lipinski definition) is 2. The first-order chi connectivity index (χ1) is 7.59. The molecule has 0 amide bonds. The summed E-state index contributed by atoms with van der Waals surface area (Å²) >= 11 is 5.18. The monoisotopic (exact) mass is 302 g/mol. The summed E-state index contributed by atoms with van der Waals surface area (Å²) in [6.45, 7) is 2.21. The van der Waals surface area contributed by atoms with Gasteiger partial charge in [0.2, 0.25) is 0 Å². The van der Waals surface area contributed by atoms with Gasteiger partial charge in [-0.3, -0.25) is 4.79 Å². The normalized spacial score (nSPS) is 30.2. The molecule has 2 nitrogen and oxygen atoms in total. The molecule has 2 rings (SSSR count). The van der Waals surface area contributed by atoms with E-state index in [1.807, 2.05) is 11.4 Å². The van der Waals surface area contributed by atoms with Gasteiger partial charge in [-0.05, 0) is 52.6 Å². The number of aliphatic carboxylic acids is 1. The van der Waals surface area contributed by atoms with Crippen LogP contribution in [0.25, 0.3) is 0 Å².